The summed E-state index contributed by atoms with van der Waals surface area (Å²) < 4.78 is 0. The average molecular weight is 411 g/mol. The Balaban J connectivity index is 1.34. The monoisotopic (exact) mass is 410 g/mol. The van der Waals surface area contributed by atoms with Gasteiger partial charge in [-0.3, -0.25) is 10.1 Å². The smallest absolute Gasteiger partial charge is 0.250 e. The molecule has 5 nitrogen and oxygen atoms in total. The van der Waals surface area contributed by atoms with Gasteiger partial charge in [0.25, 0.3) is 0 Å². The summed E-state index contributed by atoms with van der Waals surface area (Å²) in [6, 6.07) is 19.9. The Kier molecular flexibility index (Phi) is 4.37. The Bertz CT molecular complexity index is 1080. The highest BCUT2D eigenvalue weighted by Crippen LogP contribution is 2.60. The fourth-order valence-electron chi connectivity index (χ4n) is 6.59. The van der Waals surface area contributed by atoms with Crippen molar-refractivity contribution in [3.05, 3.63) is 60.7 Å². The highest BCUT2D eigenvalue weighted by molar-refractivity contribution is 5.94. The van der Waals surface area contributed by atoms with E-state index >= 15 is 0 Å². The van der Waals surface area contributed by atoms with Crippen LogP contribution in [0.25, 0.3) is 22.5 Å². The number of amides is 1. The third-order valence-electron chi connectivity index (χ3n) is 7.53. The number of carbonyl (C=O) groups is 1. The van der Waals surface area contributed by atoms with Crippen LogP contribution in [0.15, 0.2) is 60.7 Å². The quantitative estimate of drug-likeness (QED) is 0.629. The van der Waals surface area contributed by atoms with Gasteiger partial charge in [0.15, 0.2) is 0 Å². The molecule has 0 saturated heterocycles. The van der Waals surface area contributed by atoms with E-state index in [9.17, 15) is 4.79 Å². The lowest BCUT2D eigenvalue weighted by Crippen LogP contribution is -2.51. The third-order valence-corrected chi connectivity index (χ3v) is 7.53. The summed E-state index contributed by atoms with van der Waals surface area (Å²) in [5, 5.41) is 11.9. The number of nitrogens with zero attached hydrogens (tertiary/aromatic N) is 3. The molecule has 1 heterocycles. The SMILES string of the molecule is O=C(Nc1nnc(-c2ccccc2)c(-c2ccccc2)n1)C12CC3CC(CC(C3)C1)C2. The molecule has 1 aromatic heterocycles. The molecule has 0 radical (unpaired) electrons. The molecule has 3 aromatic rings. The van der Waals surface area contributed by atoms with Gasteiger partial charge in [-0.05, 0) is 56.3 Å². The number of anilines is 1. The van der Waals surface area contributed by atoms with Gasteiger partial charge in [0.2, 0.25) is 11.9 Å². The van der Waals surface area contributed by atoms with E-state index in [0.29, 0.717) is 5.95 Å². The fourth-order valence-corrected chi connectivity index (χ4v) is 6.59. The lowest BCUT2D eigenvalue weighted by Gasteiger charge is -2.55. The minimum Gasteiger partial charge on any atom is -0.293 e. The number of benzene rings is 2. The minimum atomic E-state index is -0.233. The highest BCUT2D eigenvalue weighted by atomic mass is 16.2. The normalized spacial score (nSPS) is 28.5. The van der Waals surface area contributed by atoms with Crippen molar-refractivity contribution >= 4 is 11.9 Å². The summed E-state index contributed by atoms with van der Waals surface area (Å²) in [6.45, 7) is 0. The zero-order valence-electron chi connectivity index (χ0n) is 17.5. The molecular formula is C26H26N4O. The second kappa shape index (κ2) is 7.26. The molecule has 1 N–H and O–H groups in total. The van der Waals surface area contributed by atoms with Gasteiger partial charge in [0.05, 0.1) is 5.41 Å². The second-order valence-corrected chi connectivity index (χ2v) is 9.72. The molecule has 0 aliphatic heterocycles. The molecule has 156 valence electrons. The van der Waals surface area contributed by atoms with Gasteiger partial charge in [0, 0.05) is 11.1 Å². The Morgan fingerprint density at radius 2 is 1.26 bits per heavy atom. The van der Waals surface area contributed by atoms with E-state index in [0.717, 1.165) is 59.5 Å². The standard InChI is InChI=1S/C26H26N4O/c31-24(26-14-17-11-18(15-26)13-19(12-17)16-26)28-25-27-22(20-7-3-1-4-8-20)23(29-30-25)21-9-5-2-6-10-21/h1-10,17-19H,11-16H2,(H,27,28,30,31). The lowest BCUT2D eigenvalue weighted by molar-refractivity contribution is -0.140. The number of hydrogen-bond donors (Lipinski definition) is 1. The Labute approximate surface area is 182 Å². The van der Waals surface area contributed by atoms with Gasteiger partial charge in [-0.1, -0.05) is 60.7 Å². The van der Waals surface area contributed by atoms with E-state index < -0.39 is 0 Å². The Morgan fingerprint density at radius 3 is 1.81 bits per heavy atom. The molecule has 0 atom stereocenters. The van der Waals surface area contributed by atoms with Crippen LogP contribution in [-0.4, -0.2) is 21.1 Å². The molecule has 5 heteroatoms. The largest absolute Gasteiger partial charge is 0.293 e. The summed E-state index contributed by atoms with van der Waals surface area (Å²) in [5.41, 5.74) is 3.15. The predicted octanol–water partition coefficient (Wildman–Crippen LogP) is 5.36. The molecule has 0 spiro atoms. The zero-order valence-corrected chi connectivity index (χ0v) is 17.5. The summed E-state index contributed by atoms with van der Waals surface area (Å²) in [5.74, 6) is 2.56. The topological polar surface area (TPSA) is 67.8 Å². The summed E-state index contributed by atoms with van der Waals surface area (Å²) >= 11 is 0. The number of hydrogen-bond acceptors (Lipinski definition) is 4. The van der Waals surface area contributed by atoms with E-state index in [-0.39, 0.29) is 11.3 Å². The molecule has 4 saturated carbocycles. The molecule has 4 aliphatic carbocycles. The van der Waals surface area contributed by atoms with Gasteiger partial charge < -0.3 is 0 Å². The van der Waals surface area contributed by atoms with E-state index in [4.69, 9.17) is 4.98 Å². The highest BCUT2D eigenvalue weighted by Gasteiger charge is 2.54. The van der Waals surface area contributed by atoms with Crippen molar-refractivity contribution in [1.82, 2.24) is 15.2 Å². The van der Waals surface area contributed by atoms with Crippen molar-refractivity contribution in [2.75, 3.05) is 5.32 Å². The van der Waals surface area contributed by atoms with Crippen molar-refractivity contribution < 1.29 is 4.79 Å². The van der Waals surface area contributed by atoms with Gasteiger partial charge in [-0.25, -0.2) is 4.98 Å². The van der Waals surface area contributed by atoms with Crippen LogP contribution in [0.1, 0.15) is 38.5 Å². The zero-order chi connectivity index (χ0) is 20.8. The van der Waals surface area contributed by atoms with E-state index in [1.54, 1.807) is 0 Å². The van der Waals surface area contributed by atoms with Crippen LogP contribution >= 0.6 is 0 Å². The summed E-state index contributed by atoms with van der Waals surface area (Å²) in [6.07, 6.45) is 7.00. The number of aromatic nitrogens is 3. The number of rotatable bonds is 4. The van der Waals surface area contributed by atoms with Gasteiger partial charge >= 0.3 is 0 Å². The van der Waals surface area contributed by atoms with Crippen LogP contribution < -0.4 is 5.32 Å². The molecule has 4 bridgehead atoms. The van der Waals surface area contributed by atoms with Crippen molar-refractivity contribution in [2.45, 2.75) is 38.5 Å². The van der Waals surface area contributed by atoms with Crippen LogP contribution in [0, 0.1) is 23.2 Å². The number of nitrogens with one attached hydrogen (secondary N) is 1. The van der Waals surface area contributed by atoms with Crippen molar-refractivity contribution in [1.29, 1.82) is 0 Å². The van der Waals surface area contributed by atoms with E-state index in [1.807, 2.05) is 60.7 Å². The van der Waals surface area contributed by atoms with Gasteiger partial charge in [0.1, 0.15) is 11.4 Å². The van der Waals surface area contributed by atoms with E-state index in [2.05, 4.69) is 15.5 Å². The first-order valence-electron chi connectivity index (χ1n) is 11.4. The van der Waals surface area contributed by atoms with Gasteiger partial charge in [-0.15, -0.1) is 10.2 Å². The second-order valence-electron chi connectivity index (χ2n) is 9.72. The van der Waals surface area contributed by atoms with E-state index in [1.165, 1.54) is 19.3 Å². The maximum Gasteiger partial charge on any atom is 0.250 e. The Hall–Kier alpha value is -3.08. The van der Waals surface area contributed by atoms with Crippen LogP contribution in [0.4, 0.5) is 5.95 Å². The lowest BCUT2D eigenvalue weighted by atomic mass is 9.49. The summed E-state index contributed by atoms with van der Waals surface area (Å²) in [7, 11) is 0. The number of carbonyl (C=O) groups excluding carboxylic acids is 1. The molecule has 4 fully saturated rings. The van der Waals surface area contributed by atoms with Crippen LogP contribution in [0.3, 0.4) is 0 Å². The molecule has 7 rings (SSSR count). The Morgan fingerprint density at radius 1 is 0.742 bits per heavy atom. The predicted molar refractivity (Wildman–Crippen MR) is 120 cm³/mol. The maximum absolute atomic E-state index is 13.4. The molecular weight excluding hydrogens is 384 g/mol. The molecule has 31 heavy (non-hydrogen) atoms. The van der Waals surface area contributed by atoms with Crippen LogP contribution in [-0.2, 0) is 4.79 Å². The fraction of sp³-hybridized carbons (Fsp3) is 0.385. The van der Waals surface area contributed by atoms with Crippen LogP contribution in [0.2, 0.25) is 0 Å². The van der Waals surface area contributed by atoms with Gasteiger partial charge in [-0.2, -0.15) is 0 Å². The maximum atomic E-state index is 13.4. The molecule has 4 aliphatic rings. The third kappa shape index (κ3) is 3.32. The average Bonchev–Trinajstić information content (AvgIpc) is 2.79. The first-order chi connectivity index (χ1) is 15.2. The van der Waals surface area contributed by atoms with Crippen molar-refractivity contribution in [2.24, 2.45) is 23.2 Å². The first kappa shape index (κ1) is 18.7. The molecule has 1 amide bonds. The molecule has 2 aromatic carbocycles. The first-order valence-corrected chi connectivity index (χ1v) is 11.4. The van der Waals surface area contributed by atoms with Crippen LogP contribution in [0.5, 0.6) is 0 Å². The molecule has 0 unspecified atom stereocenters. The van der Waals surface area contributed by atoms with Crippen molar-refractivity contribution in [3.8, 4) is 22.5 Å². The van der Waals surface area contributed by atoms with Crippen molar-refractivity contribution in [3.63, 3.8) is 0 Å². The minimum absolute atomic E-state index is 0.0971. The summed E-state index contributed by atoms with van der Waals surface area (Å²) in [4.78, 5) is 18.2.